The van der Waals surface area contributed by atoms with Gasteiger partial charge >= 0.3 is 0 Å². The quantitative estimate of drug-likeness (QED) is 0.943. The van der Waals surface area contributed by atoms with Crippen molar-refractivity contribution in [1.82, 2.24) is 0 Å². The molecular weight excluding hydrogens is 271 g/mol. The smallest absolute Gasteiger partial charge is 0.129 e. The van der Waals surface area contributed by atoms with Gasteiger partial charge in [-0.3, -0.25) is 0 Å². The summed E-state index contributed by atoms with van der Waals surface area (Å²) in [4.78, 5) is 0. The highest BCUT2D eigenvalue weighted by molar-refractivity contribution is 5.56. The average molecular weight is 288 g/mol. The summed E-state index contributed by atoms with van der Waals surface area (Å²) in [6, 6.07) is 10.1. The highest BCUT2D eigenvalue weighted by Crippen LogP contribution is 2.49. The molecule has 0 fully saturated rings. The second-order valence-corrected chi connectivity index (χ2v) is 5.16. The standard InChI is InChI=1S/C17H17FO3/c1-20-14-7-4-8-15(21-2)16(14)17(19)10-9-11-12(17)5-3-6-13(11)18/h3-8,19H,9-10H2,1-2H3. The van der Waals surface area contributed by atoms with Crippen LogP contribution in [0.15, 0.2) is 36.4 Å². The molecule has 1 aliphatic carbocycles. The van der Waals surface area contributed by atoms with Gasteiger partial charge in [-0.2, -0.15) is 0 Å². The van der Waals surface area contributed by atoms with E-state index in [0.29, 0.717) is 41.0 Å². The monoisotopic (exact) mass is 288 g/mol. The molecule has 3 rings (SSSR count). The normalized spacial score (nSPS) is 20.2. The Morgan fingerprint density at radius 3 is 2.29 bits per heavy atom. The fourth-order valence-corrected chi connectivity index (χ4v) is 3.16. The summed E-state index contributed by atoms with van der Waals surface area (Å²) in [6.07, 6.45) is 0.889. The molecule has 0 radical (unpaired) electrons. The van der Waals surface area contributed by atoms with Crippen molar-refractivity contribution in [1.29, 1.82) is 0 Å². The molecule has 4 heteroatoms. The molecule has 2 aromatic rings. The van der Waals surface area contributed by atoms with Crippen LogP contribution in [0.1, 0.15) is 23.1 Å². The van der Waals surface area contributed by atoms with E-state index in [0.717, 1.165) is 0 Å². The third kappa shape index (κ3) is 1.98. The van der Waals surface area contributed by atoms with E-state index >= 15 is 0 Å². The summed E-state index contributed by atoms with van der Waals surface area (Å²) in [6.45, 7) is 0. The van der Waals surface area contributed by atoms with Gasteiger partial charge in [0, 0.05) is 0 Å². The van der Waals surface area contributed by atoms with Crippen LogP contribution in [0.25, 0.3) is 0 Å². The molecule has 2 aromatic carbocycles. The Morgan fingerprint density at radius 1 is 1.05 bits per heavy atom. The zero-order chi connectivity index (χ0) is 15.0. The third-order valence-electron chi connectivity index (χ3n) is 4.14. The number of aliphatic hydroxyl groups is 1. The summed E-state index contributed by atoms with van der Waals surface area (Å²) in [5.74, 6) is 0.792. The molecule has 1 atom stereocenters. The lowest BCUT2D eigenvalue weighted by atomic mass is 9.86. The molecule has 1 N–H and O–H groups in total. The average Bonchev–Trinajstić information content (AvgIpc) is 2.86. The predicted octanol–water partition coefficient (Wildman–Crippen LogP) is 3.03. The van der Waals surface area contributed by atoms with Crippen LogP contribution in [-0.2, 0) is 12.0 Å². The molecule has 0 saturated heterocycles. The van der Waals surface area contributed by atoms with Crippen LogP contribution in [0.5, 0.6) is 11.5 Å². The van der Waals surface area contributed by atoms with Crippen molar-refractivity contribution in [3.8, 4) is 11.5 Å². The Kier molecular flexibility index (Phi) is 3.33. The van der Waals surface area contributed by atoms with Gasteiger partial charge in [-0.05, 0) is 42.2 Å². The second kappa shape index (κ2) is 5.04. The summed E-state index contributed by atoms with van der Waals surface area (Å²) in [7, 11) is 3.09. The largest absolute Gasteiger partial charge is 0.496 e. The van der Waals surface area contributed by atoms with E-state index in [-0.39, 0.29) is 5.82 Å². The molecule has 3 nitrogen and oxygen atoms in total. The van der Waals surface area contributed by atoms with E-state index in [1.54, 1.807) is 44.6 Å². The highest BCUT2D eigenvalue weighted by Gasteiger charge is 2.43. The molecule has 0 bridgehead atoms. The number of ether oxygens (including phenoxy) is 2. The predicted molar refractivity (Wildman–Crippen MR) is 77.3 cm³/mol. The van der Waals surface area contributed by atoms with E-state index in [2.05, 4.69) is 0 Å². The van der Waals surface area contributed by atoms with Gasteiger partial charge in [-0.15, -0.1) is 0 Å². The lowest BCUT2D eigenvalue weighted by Crippen LogP contribution is -2.25. The van der Waals surface area contributed by atoms with Crippen molar-refractivity contribution < 1.29 is 19.0 Å². The van der Waals surface area contributed by atoms with Gasteiger partial charge in [0.05, 0.1) is 19.8 Å². The first-order valence-electron chi connectivity index (χ1n) is 6.83. The van der Waals surface area contributed by atoms with Crippen LogP contribution < -0.4 is 9.47 Å². The highest BCUT2D eigenvalue weighted by atomic mass is 19.1. The minimum atomic E-state index is -1.30. The third-order valence-corrected chi connectivity index (χ3v) is 4.14. The van der Waals surface area contributed by atoms with Gasteiger partial charge in [-0.25, -0.2) is 4.39 Å². The molecule has 0 amide bonds. The Bertz CT molecular complexity index is 661. The molecule has 0 spiro atoms. The first kappa shape index (κ1) is 13.9. The van der Waals surface area contributed by atoms with Crippen LogP contribution in [0.2, 0.25) is 0 Å². The molecular formula is C17H17FO3. The number of hydrogen-bond donors (Lipinski definition) is 1. The minimum absolute atomic E-state index is 0.280. The summed E-state index contributed by atoms with van der Waals surface area (Å²) in [5, 5.41) is 11.2. The lowest BCUT2D eigenvalue weighted by molar-refractivity contribution is 0.0769. The second-order valence-electron chi connectivity index (χ2n) is 5.16. The number of hydrogen-bond acceptors (Lipinski definition) is 3. The molecule has 0 aromatic heterocycles. The van der Waals surface area contributed by atoms with Gasteiger partial charge in [-0.1, -0.05) is 18.2 Å². The first-order valence-corrected chi connectivity index (χ1v) is 6.83. The van der Waals surface area contributed by atoms with Crippen LogP contribution in [-0.4, -0.2) is 19.3 Å². The van der Waals surface area contributed by atoms with Gasteiger partial charge in [0.15, 0.2) is 0 Å². The van der Waals surface area contributed by atoms with Crippen molar-refractivity contribution in [2.75, 3.05) is 14.2 Å². The number of halogens is 1. The zero-order valence-corrected chi connectivity index (χ0v) is 12.0. The number of methoxy groups -OCH3 is 2. The minimum Gasteiger partial charge on any atom is -0.496 e. The number of fused-ring (bicyclic) bond motifs is 1. The molecule has 0 heterocycles. The summed E-state index contributed by atoms with van der Waals surface area (Å²) < 4.78 is 24.7. The zero-order valence-electron chi connectivity index (χ0n) is 12.0. The Labute approximate surface area is 122 Å². The Balaban J connectivity index is 2.25. The van der Waals surface area contributed by atoms with Gasteiger partial charge in [0.2, 0.25) is 0 Å². The SMILES string of the molecule is COc1cccc(OC)c1C1(O)CCc2c(F)cccc21. The van der Waals surface area contributed by atoms with Crippen molar-refractivity contribution in [2.45, 2.75) is 18.4 Å². The van der Waals surface area contributed by atoms with Crippen molar-refractivity contribution >= 4 is 0 Å². The van der Waals surface area contributed by atoms with Crippen LogP contribution >= 0.6 is 0 Å². The van der Waals surface area contributed by atoms with Crippen molar-refractivity contribution in [3.63, 3.8) is 0 Å². The fraction of sp³-hybridized carbons (Fsp3) is 0.294. The maximum Gasteiger partial charge on any atom is 0.129 e. The Morgan fingerprint density at radius 2 is 1.67 bits per heavy atom. The van der Waals surface area contributed by atoms with Gasteiger partial charge < -0.3 is 14.6 Å². The van der Waals surface area contributed by atoms with E-state index in [1.165, 1.54) is 6.07 Å². The summed E-state index contributed by atoms with van der Waals surface area (Å²) >= 11 is 0. The molecule has 1 aliphatic rings. The molecule has 1 unspecified atom stereocenters. The maximum absolute atomic E-state index is 13.9. The van der Waals surface area contributed by atoms with E-state index < -0.39 is 5.60 Å². The first-order chi connectivity index (χ1) is 10.1. The maximum atomic E-state index is 13.9. The molecule has 21 heavy (non-hydrogen) atoms. The van der Waals surface area contributed by atoms with E-state index in [1.807, 2.05) is 0 Å². The lowest BCUT2D eigenvalue weighted by Gasteiger charge is -2.28. The van der Waals surface area contributed by atoms with E-state index in [9.17, 15) is 9.50 Å². The number of benzene rings is 2. The van der Waals surface area contributed by atoms with Gasteiger partial charge in [0.1, 0.15) is 22.9 Å². The molecule has 0 aliphatic heterocycles. The fourth-order valence-electron chi connectivity index (χ4n) is 3.16. The van der Waals surface area contributed by atoms with Gasteiger partial charge in [0.25, 0.3) is 0 Å². The van der Waals surface area contributed by atoms with E-state index in [4.69, 9.17) is 9.47 Å². The molecule has 0 saturated carbocycles. The van der Waals surface area contributed by atoms with Crippen LogP contribution in [0.4, 0.5) is 4.39 Å². The summed E-state index contributed by atoms with van der Waals surface area (Å²) in [5.41, 5.74) is 0.410. The number of rotatable bonds is 3. The van der Waals surface area contributed by atoms with Crippen LogP contribution in [0.3, 0.4) is 0 Å². The molecule has 110 valence electrons. The van der Waals surface area contributed by atoms with Crippen molar-refractivity contribution in [3.05, 3.63) is 58.9 Å². The van der Waals surface area contributed by atoms with Crippen molar-refractivity contribution in [2.24, 2.45) is 0 Å². The van der Waals surface area contributed by atoms with Crippen LogP contribution in [0, 0.1) is 5.82 Å². The topological polar surface area (TPSA) is 38.7 Å². The Hall–Kier alpha value is -2.07.